The molecular weight excluding hydrogens is 426 g/mol. The van der Waals surface area contributed by atoms with E-state index in [1.165, 1.54) is 31.2 Å². The number of benzene rings is 3. The summed E-state index contributed by atoms with van der Waals surface area (Å²) in [5, 5.41) is 10.9. The Bertz CT molecular complexity index is 1280. The summed E-state index contributed by atoms with van der Waals surface area (Å²) in [5.41, 5.74) is 0.0456. The Labute approximate surface area is 180 Å². The topological polar surface area (TPSA) is 57.6 Å². The predicted octanol–water partition coefficient (Wildman–Crippen LogP) is 5.18. The number of rotatable bonds is 3. The van der Waals surface area contributed by atoms with Crippen LogP contribution in [0, 0.1) is 30.2 Å². The summed E-state index contributed by atoms with van der Waals surface area (Å²) >= 11 is 0. The summed E-state index contributed by atoms with van der Waals surface area (Å²) in [7, 11) is 0. The van der Waals surface area contributed by atoms with Crippen molar-refractivity contribution in [2.24, 2.45) is 0 Å². The van der Waals surface area contributed by atoms with Crippen LogP contribution in [0.1, 0.15) is 22.7 Å². The fraction of sp³-hybridized carbons (Fsp3) is 0.0833. The van der Waals surface area contributed by atoms with E-state index in [9.17, 15) is 32.3 Å². The van der Waals surface area contributed by atoms with Gasteiger partial charge in [0, 0.05) is 17.3 Å². The number of ketones is 1. The van der Waals surface area contributed by atoms with Crippen molar-refractivity contribution in [2.45, 2.75) is 13.0 Å². The number of amides is 1. The summed E-state index contributed by atoms with van der Waals surface area (Å²) < 4.78 is 54.5. The van der Waals surface area contributed by atoms with Crippen molar-refractivity contribution < 1.29 is 32.3 Å². The number of aryl methyl sites for hydroxylation is 1. The molecule has 1 heterocycles. The molecule has 0 aromatic heterocycles. The Hall–Kier alpha value is -3.94. The molecule has 1 fully saturated rings. The van der Waals surface area contributed by atoms with E-state index in [1.807, 2.05) is 0 Å². The van der Waals surface area contributed by atoms with Crippen molar-refractivity contribution in [2.75, 3.05) is 4.90 Å². The maximum Gasteiger partial charge on any atom is 0.300 e. The molecule has 1 aliphatic rings. The molecule has 0 aliphatic carbocycles. The molecular formula is C24H15F4NO3. The SMILES string of the molecule is Cc1cc(/C(O)=C2\C(=O)C(=O)N(c3ccc(F)c(F)c3)C2c2ccc(F)cc2)ccc1F. The van der Waals surface area contributed by atoms with E-state index >= 15 is 0 Å². The fourth-order valence-electron chi connectivity index (χ4n) is 3.64. The van der Waals surface area contributed by atoms with Gasteiger partial charge in [-0.25, -0.2) is 17.6 Å². The van der Waals surface area contributed by atoms with Gasteiger partial charge < -0.3 is 5.11 Å². The van der Waals surface area contributed by atoms with Crippen molar-refractivity contribution >= 4 is 23.1 Å². The minimum Gasteiger partial charge on any atom is -0.507 e. The Morgan fingerprint density at radius 1 is 0.844 bits per heavy atom. The van der Waals surface area contributed by atoms with Gasteiger partial charge in [-0.05, 0) is 60.5 Å². The van der Waals surface area contributed by atoms with E-state index in [0.717, 1.165) is 41.3 Å². The first-order chi connectivity index (χ1) is 15.2. The second-order valence-corrected chi connectivity index (χ2v) is 7.28. The monoisotopic (exact) mass is 441 g/mol. The number of hydrogen-bond acceptors (Lipinski definition) is 3. The minimum atomic E-state index is -1.26. The van der Waals surface area contributed by atoms with Gasteiger partial charge in [0.2, 0.25) is 0 Å². The van der Waals surface area contributed by atoms with E-state index in [-0.39, 0.29) is 28.0 Å². The maximum atomic E-state index is 13.9. The fourth-order valence-corrected chi connectivity index (χ4v) is 3.64. The Morgan fingerprint density at radius 3 is 2.12 bits per heavy atom. The predicted molar refractivity (Wildman–Crippen MR) is 109 cm³/mol. The summed E-state index contributed by atoms with van der Waals surface area (Å²) in [6, 6.07) is 9.86. The molecule has 1 unspecified atom stereocenters. The zero-order valence-electron chi connectivity index (χ0n) is 16.6. The lowest BCUT2D eigenvalue weighted by atomic mass is 9.94. The number of aliphatic hydroxyl groups excluding tert-OH is 1. The molecule has 1 saturated heterocycles. The van der Waals surface area contributed by atoms with Crippen LogP contribution in [0.15, 0.2) is 66.2 Å². The normalized spacial score (nSPS) is 17.8. The highest BCUT2D eigenvalue weighted by Gasteiger charge is 2.47. The molecule has 0 spiro atoms. The molecule has 162 valence electrons. The standard InChI is InChI=1S/C24H15F4NO3/c1-12-10-14(4-8-17(12)26)22(30)20-21(13-2-5-15(25)6-3-13)29(24(32)23(20)31)16-7-9-18(27)19(28)11-16/h2-11,21,30H,1H3/b22-20+. The van der Waals surface area contributed by atoms with Gasteiger partial charge in [-0.15, -0.1) is 0 Å². The lowest BCUT2D eigenvalue weighted by molar-refractivity contribution is -0.132. The quantitative estimate of drug-likeness (QED) is 0.264. The van der Waals surface area contributed by atoms with Gasteiger partial charge in [0.05, 0.1) is 11.6 Å². The van der Waals surface area contributed by atoms with Crippen LogP contribution in [-0.2, 0) is 9.59 Å². The number of hydrogen-bond donors (Lipinski definition) is 1. The highest BCUT2D eigenvalue weighted by atomic mass is 19.2. The first-order valence-electron chi connectivity index (χ1n) is 9.47. The molecule has 4 rings (SSSR count). The van der Waals surface area contributed by atoms with Crippen LogP contribution in [0.3, 0.4) is 0 Å². The Morgan fingerprint density at radius 2 is 1.50 bits per heavy atom. The third kappa shape index (κ3) is 3.53. The number of aliphatic hydroxyl groups is 1. The van der Waals surface area contributed by atoms with Crippen molar-refractivity contribution in [3.8, 4) is 0 Å². The van der Waals surface area contributed by atoms with Crippen LogP contribution in [-0.4, -0.2) is 16.8 Å². The summed E-state index contributed by atoms with van der Waals surface area (Å²) in [5.74, 6) is -6.24. The molecule has 32 heavy (non-hydrogen) atoms. The van der Waals surface area contributed by atoms with Crippen LogP contribution < -0.4 is 4.90 Å². The van der Waals surface area contributed by atoms with Crippen LogP contribution in [0.25, 0.3) is 5.76 Å². The molecule has 1 aliphatic heterocycles. The minimum absolute atomic E-state index is 0.0827. The summed E-state index contributed by atoms with van der Waals surface area (Å²) in [6.07, 6.45) is 0. The van der Waals surface area contributed by atoms with Gasteiger partial charge in [0.1, 0.15) is 17.4 Å². The third-order valence-corrected chi connectivity index (χ3v) is 5.24. The average Bonchev–Trinajstić information content (AvgIpc) is 3.03. The van der Waals surface area contributed by atoms with Crippen molar-refractivity contribution in [3.05, 3.63) is 106 Å². The summed E-state index contributed by atoms with van der Waals surface area (Å²) in [6.45, 7) is 1.46. The lowest BCUT2D eigenvalue weighted by Gasteiger charge is -2.25. The highest BCUT2D eigenvalue weighted by Crippen LogP contribution is 2.42. The smallest absolute Gasteiger partial charge is 0.300 e. The molecule has 1 amide bonds. The number of nitrogens with zero attached hydrogens (tertiary/aromatic N) is 1. The molecule has 3 aromatic carbocycles. The van der Waals surface area contributed by atoms with E-state index in [2.05, 4.69) is 0 Å². The van der Waals surface area contributed by atoms with Crippen LogP contribution >= 0.6 is 0 Å². The van der Waals surface area contributed by atoms with Gasteiger partial charge in [-0.2, -0.15) is 0 Å². The van der Waals surface area contributed by atoms with E-state index in [4.69, 9.17) is 0 Å². The van der Waals surface area contributed by atoms with Crippen LogP contribution in [0.5, 0.6) is 0 Å². The maximum absolute atomic E-state index is 13.9. The van der Waals surface area contributed by atoms with E-state index < -0.39 is 46.8 Å². The molecule has 3 aromatic rings. The largest absolute Gasteiger partial charge is 0.507 e. The molecule has 0 bridgehead atoms. The number of anilines is 1. The number of halogens is 4. The van der Waals surface area contributed by atoms with Gasteiger partial charge >= 0.3 is 0 Å². The first kappa shape index (κ1) is 21.3. The number of Topliss-reactive ketones (excluding diaryl/α,β-unsaturated/α-hetero) is 1. The number of carbonyl (C=O) groups is 2. The van der Waals surface area contributed by atoms with Crippen molar-refractivity contribution in [1.29, 1.82) is 0 Å². The van der Waals surface area contributed by atoms with Crippen molar-refractivity contribution in [3.63, 3.8) is 0 Å². The lowest BCUT2D eigenvalue weighted by Crippen LogP contribution is -2.29. The second-order valence-electron chi connectivity index (χ2n) is 7.28. The molecule has 1 N–H and O–H groups in total. The molecule has 0 radical (unpaired) electrons. The van der Waals surface area contributed by atoms with Crippen molar-refractivity contribution in [1.82, 2.24) is 0 Å². The van der Waals surface area contributed by atoms with Gasteiger partial charge in [-0.1, -0.05) is 12.1 Å². The molecule has 4 nitrogen and oxygen atoms in total. The zero-order valence-corrected chi connectivity index (χ0v) is 16.6. The van der Waals surface area contributed by atoms with Gasteiger partial charge in [0.15, 0.2) is 11.6 Å². The van der Waals surface area contributed by atoms with Crippen LogP contribution in [0.2, 0.25) is 0 Å². The third-order valence-electron chi connectivity index (χ3n) is 5.24. The average molecular weight is 441 g/mol. The molecule has 1 atom stereocenters. The van der Waals surface area contributed by atoms with Crippen LogP contribution in [0.4, 0.5) is 23.2 Å². The Balaban J connectivity index is 1.96. The molecule has 8 heteroatoms. The zero-order chi connectivity index (χ0) is 23.2. The summed E-state index contributed by atoms with van der Waals surface area (Å²) in [4.78, 5) is 26.7. The Kier molecular flexibility index (Phi) is 5.30. The van der Waals surface area contributed by atoms with E-state index in [0.29, 0.717) is 0 Å². The van der Waals surface area contributed by atoms with E-state index in [1.54, 1.807) is 0 Å². The molecule has 0 saturated carbocycles. The highest BCUT2D eigenvalue weighted by molar-refractivity contribution is 6.51. The second kappa shape index (κ2) is 7.96. The number of carbonyl (C=O) groups excluding carboxylic acids is 2. The van der Waals surface area contributed by atoms with Gasteiger partial charge in [0.25, 0.3) is 11.7 Å². The first-order valence-corrected chi connectivity index (χ1v) is 9.47. The van der Waals surface area contributed by atoms with Gasteiger partial charge in [-0.3, -0.25) is 14.5 Å².